The van der Waals surface area contributed by atoms with Gasteiger partial charge in [-0.25, -0.2) is 0 Å². The van der Waals surface area contributed by atoms with Crippen molar-refractivity contribution in [3.05, 3.63) is 0 Å². The highest BCUT2D eigenvalue weighted by Crippen LogP contribution is 2.27. The number of rotatable bonds is 5. The quantitative estimate of drug-likeness (QED) is 0.725. The molecule has 0 aliphatic heterocycles. The van der Waals surface area contributed by atoms with Crippen molar-refractivity contribution in [1.82, 2.24) is 10.6 Å². The minimum absolute atomic E-state index is 0.00694. The van der Waals surface area contributed by atoms with Crippen LogP contribution in [0.15, 0.2) is 0 Å². The molecule has 0 radical (unpaired) electrons. The number of likely N-dealkylation sites (N-methyl/N-ethyl adjacent to an activating group) is 1. The molecule has 0 aromatic rings. The van der Waals surface area contributed by atoms with E-state index in [1.165, 1.54) is 12.8 Å². The molecule has 2 N–H and O–H groups in total. The molecular weight excluding hydrogens is 188 g/mol. The molecule has 0 bridgehead atoms. The van der Waals surface area contributed by atoms with E-state index in [0.29, 0.717) is 12.0 Å². The minimum Gasteiger partial charge on any atom is -0.358 e. The number of hydrogen-bond acceptors (Lipinski definition) is 2. The largest absolute Gasteiger partial charge is 0.358 e. The predicted molar refractivity (Wildman–Crippen MR) is 62.6 cm³/mol. The van der Waals surface area contributed by atoms with Crippen LogP contribution in [-0.2, 0) is 4.79 Å². The lowest BCUT2D eigenvalue weighted by Crippen LogP contribution is -2.52. The normalized spacial score (nSPS) is 27.3. The molecule has 1 amide bonds. The topological polar surface area (TPSA) is 41.1 Å². The zero-order chi connectivity index (χ0) is 11.4. The van der Waals surface area contributed by atoms with E-state index < -0.39 is 0 Å². The summed E-state index contributed by atoms with van der Waals surface area (Å²) in [4.78, 5) is 11.6. The van der Waals surface area contributed by atoms with Gasteiger partial charge in [-0.3, -0.25) is 4.79 Å². The lowest BCUT2D eigenvalue weighted by atomic mass is 9.81. The van der Waals surface area contributed by atoms with Crippen LogP contribution in [0.5, 0.6) is 0 Å². The number of carbonyl (C=O) groups is 1. The van der Waals surface area contributed by atoms with E-state index >= 15 is 0 Å². The molecule has 1 fully saturated rings. The van der Waals surface area contributed by atoms with Gasteiger partial charge in [0.05, 0.1) is 6.04 Å². The molecule has 0 aromatic carbocycles. The first-order chi connectivity index (χ1) is 7.02. The molecule has 3 nitrogen and oxygen atoms in total. The molecule has 1 rings (SSSR count). The Morgan fingerprint density at radius 3 is 2.40 bits per heavy atom. The Hall–Kier alpha value is -0.570. The molecule has 15 heavy (non-hydrogen) atoms. The Balaban J connectivity index is 2.38. The smallest absolute Gasteiger partial charge is 0.236 e. The molecule has 1 unspecified atom stereocenters. The van der Waals surface area contributed by atoms with Crippen molar-refractivity contribution < 1.29 is 4.79 Å². The zero-order valence-corrected chi connectivity index (χ0v) is 10.3. The maximum Gasteiger partial charge on any atom is 0.236 e. The Labute approximate surface area is 93.0 Å². The molecule has 88 valence electrons. The summed E-state index contributed by atoms with van der Waals surface area (Å²) in [6, 6.07) is 0.550. The van der Waals surface area contributed by atoms with Gasteiger partial charge in [0.25, 0.3) is 0 Å². The van der Waals surface area contributed by atoms with Gasteiger partial charge in [-0.05, 0) is 31.1 Å². The molecule has 3 heteroatoms. The van der Waals surface area contributed by atoms with Crippen molar-refractivity contribution >= 4 is 5.91 Å². The third-order valence-corrected chi connectivity index (χ3v) is 3.08. The maximum absolute atomic E-state index is 11.6. The molecule has 0 heterocycles. The van der Waals surface area contributed by atoms with Crippen molar-refractivity contribution in [2.75, 3.05) is 7.05 Å². The fourth-order valence-corrected chi connectivity index (χ4v) is 2.22. The highest BCUT2D eigenvalue weighted by Gasteiger charge is 2.29. The van der Waals surface area contributed by atoms with E-state index in [1.807, 2.05) is 0 Å². The molecule has 1 aliphatic rings. The molecule has 1 saturated carbocycles. The van der Waals surface area contributed by atoms with Crippen LogP contribution in [0, 0.1) is 11.8 Å². The van der Waals surface area contributed by atoms with Crippen LogP contribution in [0.3, 0.4) is 0 Å². The molecule has 0 aromatic heterocycles. The van der Waals surface area contributed by atoms with Gasteiger partial charge in [0.2, 0.25) is 5.91 Å². The Bertz CT molecular complexity index is 210. The van der Waals surface area contributed by atoms with Gasteiger partial charge in [0.15, 0.2) is 0 Å². The summed E-state index contributed by atoms with van der Waals surface area (Å²) in [6.45, 7) is 6.57. The van der Waals surface area contributed by atoms with Gasteiger partial charge >= 0.3 is 0 Å². The molecule has 1 aliphatic carbocycles. The van der Waals surface area contributed by atoms with Crippen LogP contribution >= 0.6 is 0 Å². The van der Waals surface area contributed by atoms with Crippen LogP contribution in [0.1, 0.15) is 40.0 Å². The van der Waals surface area contributed by atoms with Gasteiger partial charge < -0.3 is 10.6 Å². The van der Waals surface area contributed by atoms with E-state index in [4.69, 9.17) is 0 Å². The number of carbonyl (C=O) groups excluding carboxylic acids is 1. The lowest BCUT2D eigenvalue weighted by Gasteiger charge is -2.36. The van der Waals surface area contributed by atoms with E-state index in [0.717, 1.165) is 12.3 Å². The van der Waals surface area contributed by atoms with Crippen LogP contribution in [-0.4, -0.2) is 25.0 Å². The summed E-state index contributed by atoms with van der Waals surface area (Å²) in [6.07, 6.45) is 3.35. The summed E-state index contributed by atoms with van der Waals surface area (Å²) < 4.78 is 0. The predicted octanol–water partition coefficient (Wildman–Crippen LogP) is 1.54. The van der Waals surface area contributed by atoms with E-state index in [1.54, 1.807) is 7.05 Å². The van der Waals surface area contributed by atoms with Crippen LogP contribution < -0.4 is 10.6 Å². The fraction of sp³-hybridized carbons (Fsp3) is 0.917. The monoisotopic (exact) mass is 212 g/mol. The lowest BCUT2D eigenvalue weighted by molar-refractivity contribution is -0.123. The standard InChI is InChI=1S/C12H24N2O/c1-8(2)5-11(12(15)13-4)14-10-6-9(3)7-10/h8-11,14H,5-7H2,1-4H3,(H,13,15). The van der Waals surface area contributed by atoms with Gasteiger partial charge in [-0.1, -0.05) is 20.8 Å². The summed E-state index contributed by atoms with van der Waals surface area (Å²) >= 11 is 0. The minimum atomic E-state index is -0.00694. The third kappa shape index (κ3) is 3.82. The first-order valence-corrected chi connectivity index (χ1v) is 6.00. The fourth-order valence-electron chi connectivity index (χ4n) is 2.22. The molecule has 0 saturated heterocycles. The van der Waals surface area contributed by atoms with Crippen molar-refractivity contribution in [2.45, 2.75) is 52.1 Å². The van der Waals surface area contributed by atoms with Crippen molar-refractivity contribution in [1.29, 1.82) is 0 Å². The SMILES string of the molecule is CNC(=O)C(CC(C)C)NC1CC(C)C1. The highest BCUT2D eigenvalue weighted by molar-refractivity contribution is 5.81. The van der Waals surface area contributed by atoms with E-state index in [9.17, 15) is 4.79 Å². The summed E-state index contributed by atoms with van der Waals surface area (Å²) in [5.41, 5.74) is 0. The zero-order valence-electron chi connectivity index (χ0n) is 10.3. The van der Waals surface area contributed by atoms with Crippen LogP contribution in [0.4, 0.5) is 0 Å². The maximum atomic E-state index is 11.6. The Morgan fingerprint density at radius 1 is 1.40 bits per heavy atom. The Morgan fingerprint density at radius 2 is 2.00 bits per heavy atom. The average molecular weight is 212 g/mol. The summed E-state index contributed by atoms with van der Waals surface area (Å²) in [7, 11) is 1.71. The van der Waals surface area contributed by atoms with Gasteiger partial charge in [-0.15, -0.1) is 0 Å². The molecule has 1 atom stereocenters. The number of amides is 1. The van der Waals surface area contributed by atoms with E-state index in [-0.39, 0.29) is 11.9 Å². The van der Waals surface area contributed by atoms with Crippen LogP contribution in [0.2, 0.25) is 0 Å². The summed E-state index contributed by atoms with van der Waals surface area (Å²) in [5, 5.41) is 6.19. The second-order valence-corrected chi connectivity index (χ2v) is 5.24. The Kier molecular flexibility index (Phi) is 4.58. The second kappa shape index (κ2) is 5.50. The third-order valence-electron chi connectivity index (χ3n) is 3.08. The number of nitrogens with one attached hydrogen (secondary N) is 2. The van der Waals surface area contributed by atoms with Crippen LogP contribution in [0.25, 0.3) is 0 Å². The van der Waals surface area contributed by atoms with Crippen molar-refractivity contribution in [3.8, 4) is 0 Å². The first kappa shape index (κ1) is 12.5. The number of hydrogen-bond donors (Lipinski definition) is 2. The second-order valence-electron chi connectivity index (χ2n) is 5.24. The van der Waals surface area contributed by atoms with Crippen molar-refractivity contribution in [2.24, 2.45) is 11.8 Å². The van der Waals surface area contributed by atoms with Gasteiger partial charge in [-0.2, -0.15) is 0 Å². The van der Waals surface area contributed by atoms with E-state index in [2.05, 4.69) is 31.4 Å². The molecular formula is C12H24N2O. The summed E-state index contributed by atoms with van der Waals surface area (Å²) in [5.74, 6) is 1.51. The average Bonchev–Trinajstić information content (AvgIpc) is 2.12. The highest BCUT2D eigenvalue weighted by atomic mass is 16.2. The molecule has 0 spiro atoms. The first-order valence-electron chi connectivity index (χ1n) is 6.00. The van der Waals surface area contributed by atoms with Crippen molar-refractivity contribution in [3.63, 3.8) is 0 Å². The van der Waals surface area contributed by atoms with Gasteiger partial charge in [0, 0.05) is 13.1 Å². The van der Waals surface area contributed by atoms with Gasteiger partial charge in [0.1, 0.15) is 0 Å².